The molecule has 0 aliphatic heterocycles. The molecule has 108 valence electrons. The summed E-state index contributed by atoms with van der Waals surface area (Å²) in [5.74, 6) is 2.08. The normalized spacial score (nSPS) is 20.4. The van der Waals surface area contributed by atoms with Gasteiger partial charge in [-0.1, -0.05) is 48.5 Å². The number of ether oxygens (including phenoxy) is 1. The summed E-state index contributed by atoms with van der Waals surface area (Å²) < 4.78 is 5.10. The number of carbonyl (C=O) groups excluding carboxylic acids is 1. The van der Waals surface area contributed by atoms with E-state index >= 15 is 0 Å². The highest BCUT2D eigenvalue weighted by Crippen LogP contribution is 2.45. The van der Waals surface area contributed by atoms with E-state index in [1.54, 1.807) is 0 Å². The number of esters is 1. The lowest BCUT2D eigenvalue weighted by Gasteiger charge is -2.43. The first kappa shape index (κ1) is 17.5. The second-order valence-corrected chi connectivity index (χ2v) is 6.70. The Balaban J connectivity index is 5.41. The summed E-state index contributed by atoms with van der Waals surface area (Å²) in [5.41, 5.74) is -0.410. The average Bonchev–Trinajstić information content (AvgIpc) is 2.33. The fourth-order valence-electron chi connectivity index (χ4n) is 2.82. The maximum absolute atomic E-state index is 12.3. The highest BCUT2D eigenvalue weighted by molar-refractivity contribution is 5.77. The van der Waals surface area contributed by atoms with Crippen LogP contribution in [0, 0.1) is 35.0 Å². The van der Waals surface area contributed by atoms with Crippen LogP contribution in [-0.4, -0.2) is 13.1 Å². The van der Waals surface area contributed by atoms with Gasteiger partial charge in [-0.2, -0.15) is 0 Å². The first-order valence-corrected chi connectivity index (χ1v) is 7.19. The maximum Gasteiger partial charge on any atom is 0.312 e. The van der Waals surface area contributed by atoms with Crippen LogP contribution in [0.5, 0.6) is 0 Å². The molecule has 2 heteroatoms. The summed E-state index contributed by atoms with van der Waals surface area (Å²) >= 11 is 0. The molecule has 0 spiro atoms. The van der Waals surface area contributed by atoms with Crippen LogP contribution in [0.4, 0.5) is 0 Å². The lowest BCUT2D eigenvalue weighted by Crippen LogP contribution is -2.46. The molecule has 2 nitrogen and oxygen atoms in total. The zero-order valence-corrected chi connectivity index (χ0v) is 13.7. The van der Waals surface area contributed by atoms with Gasteiger partial charge in [-0.15, -0.1) is 0 Å². The average molecular weight is 256 g/mol. The first-order chi connectivity index (χ1) is 8.10. The molecular weight excluding hydrogens is 224 g/mol. The van der Waals surface area contributed by atoms with Crippen LogP contribution in [0.25, 0.3) is 0 Å². The molecule has 18 heavy (non-hydrogen) atoms. The number of hydrogen-bond donors (Lipinski definition) is 0. The third-order valence-electron chi connectivity index (χ3n) is 5.36. The zero-order valence-electron chi connectivity index (χ0n) is 13.7. The van der Waals surface area contributed by atoms with E-state index in [2.05, 4.69) is 55.4 Å². The van der Waals surface area contributed by atoms with Gasteiger partial charge in [0.25, 0.3) is 0 Å². The van der Waals surface area contributed by atoms with Crippen LogP contribution in [-0.2, 0) is 9.53 Å². The highest BCUT2D eigenvalue weighted by atomic mass is 16.5. The molecule has 4 atom stereocenters. The van der Waals surface area contributed by atoms with Crippen LogP contribution < -0.4 is 0 Å². The van der Waals surface area contributed by atoms with Crippen LogP contribution >= 0.6 is 0 Å². The molecule has 0 aromatic heterocycles. The maximum atomic E-state index is 12.3. The third kappa shape index (κ3) is 3.27. The van der Waals surface area contributed by atoms with E-state index in [4.69, 9.17) is 4.74 Å². The van der Waals surface area contributed by atoms with Gasteiger partial charge >= 0.3 is 5.97 Å². The standard InChI is InChI=1S/C16H32O2/c1-10(2)12(5)14(7)16(8,15(17)18-9)13(6)11(3)4/h10-14H,1-9H3. The third-order valence-corrected chi connectivity index (χ3v) is 5.36. The zero-order chi connectivity index (χ0) is 14.7. The Bertz CT molecular complexity index is 270. The molecule has 0 aromatic carbocycles. The minimum atomic E-state index is -0.410. The molecule has 4 unspecified atom stereocenters. The second kappa shape index (κ2) is 6.58. The summed E-state index contributed by atoms with van der Waals surface area (Å²) in [5, 5.41) is 0. The lowest BCUT2D eigenvalue weighted by molar-refractivity contribution is -0.162. The number of methoxy groups -OCH3 is 1. The highest BCUT2D eigenvalue weighted by Gasteiger charge is 2.47. The van der Waals surface area contributed by atoms with Gasteiger partial charge in [0.2, 0.25) is 0 Å². The van der Waals surface area contributed by atoms with Crippen LogP contribution in [0.2, 0.25) is 0 Å². The van der Waals surface area contributed by atoms with Crippen molar-refractivity contribution in [3.05, 3.63) is 0 Å². The Kier molecular flexibility index (Phi) is 6.39. The van der Waals surface area contributed by atoms with Crippen molar-refractivity contribution in [2.75, 3.05) is 7.11 Å². The number of carbonyl (C=O) groups is 1. The van der Waals surface area contributed by atoms with Gasteiger partial charge in [0.05, 0.1) is 12.5 Å². The van der Waals surface area contributed by atoms with E-state index in [1.807, 2.05) is 0 Å². The Labute approximate surface area is 113 Å². The Morgan fingerprint density at radius 3 is 1.61 bits per heavy atom. The van der Waals surface area contributed by atoms with Crippen molar-refractivity contribution < 1.29 is 9.53 Å². The fourth-order valence-corrected chi connectivity index (χ4v) is 2.82. The molecule has 0 heterocycles. The van der Waals surface area contributed by atoms with Crippen LogP contribution in [0.1, 0.15) is 55.4 Å². The van der Waals surface area contributed by atoms with E-state index in [9.17, 15) is 4.79 Å². The monoisotopic (exact) mass is 256 g/mol. The summed E-state index contributed by atoms with van der Waals surface area (Å²) in [7, 11) is 1.50. The Morgan fingerprint density at radius 2 is 1.33 bits per heavy atom. The minimum absolute atomic E-state index is 0.0660. The van der Waals surface area contributed by atoms with Crippen molar-refractivity contribution >= 4 is 5.97 Å². The molecule has 0 saturated carbocycles. The van der Waals surface area contributed by atoms with E-state index in [-0.39, 0.29) is 5.97 Å². The molecule has 0 bridgehead atoms. The summed E-state index contributed by atoms with van der Waals surface area (Å²) in [6, 6.07) is 0. The van der Waals surface area contributed by atoms with Gasteiger partial charge in [-0.3, -0.25) is 4.79 Å². The van der Waals surface area contributed by atoms with Crippen molar-refractivity contribution in [3.8, 4) is 0 Å². The molecule has 0 radical (unpaired) electrons. The van der Waals surface area contributed by atoms with Gasteiger partial charge in [0.1, 0.15) is 0 Å². The van der Waals surface area contributed by atoms with Crippen molar-refractivity contribution in [2.24, 2.45) is 35.0 Å². The smallest absolute Gasteiger partial charge is 0.312 e. The Hall–Kier alpha value is -0.530. The second-order valence-electron chi connectivity index (χ2n) is 6.70. The van der Waals surface area contributed by atoms with Crippen molar-refractivity contribution in [1.82, 2.24) is 0 Å². The van der Waals surface area contributed by atoms with Crippen molar-refractivity contribution in [2.45, 2.75) is 55.4 Å². The van der Waals surface area contributed by atoms with Crippen molar-refractivity contribution in [1.29, 1.82) is 0 Å². The van der Waals surface area contributed by atoms with Gasteiger partial charge in [0.15, 0.2) is 0 Å². The minimum Gasteiger partial charge on any atom is -0.469 e. The number of rotatable bonds is 6. The SMILES string of the molecule is COC(=O)C(C)(C(C)C(C)C)C(C)C(C)C(C)C. The first-order valence-electron chi connectivity index (χ1n) is 7.19. The largest absolute Gasteiger partial charge is 0.469 e. The molecule has 0 fully saturated rings. The molecule has 0 amide bonds. The molecule has 0 aromatic rings. The summed E-state index contributed by atoms with van der Waals surface area (Å²) in [4.78, 5) is 12.3. The fraction of sp³-hybridized carbons (Fsp3) is 0.938. The van der Waals surface area contributed by atoms with Gasteiger partial charge in [0, 0.05) is 0 Å². The lowest BCUT2D eigenvalue weighted by atomic mass is 9.60. The van der Waals surface area contributed by atoms with E-state index in [0.29, 0.717) is 29.6 Å². The predicted octanol–water partition coefficient (Wildman–Crippen LogP) is 4.39. The predicted molar refractivity (Wildman–Crippen MR) is 77.3 cm³/mol. The van der Waals surface area contributed by atoms with Gasteiger partial charge in [-0.05, 0) is 36.5 Å². The molecular formula is C16H32O2. The summed E-state index contributed by atoms with van der Waals surface area (Å²) in [6.45, 7) is 17.5. The van der Waals surface area contributed by atoms with E-state index < -0.39 is 5.41 Å². The quantitative estimate of drug-likeness (QED) is 0.659. The molecule has 0 aliphatic carbocycles. The summed E-state index contributed by atoms with van der Waals surface area (Å²) in [6.07, 6.45) is 0. The van der Waals surface area contributed by atoms with E-state index in [1.165, 1.54) is 7.11 Å². The molecule has 0 rings (SSSR count). The molecule has 0 aliphatic rings. The topological polar surface area (TPSA) is 26.3 Å². The van der Waals surface area contributed by atoms with Gasteiger partial charge < -0.3 is 4.74 Å². The number of hydrogen-bond acceptors (Lipinski definition) is 2. The van der Waals surface area contributed by atoms with Gasteiger partial charge in [-0.25, -0.2) is 0 Å². The van der Waals surface area contributed by atoms with Crippen molar-refractivity contribution in [3.63, 3.8) is 0 Å². The van der Waals surface area contributed by atoms with Crippen LogP contribution in [0.15, 0.2) is 0 Å². The molecule has 0 N–H and O–H groups in total. The Morgan fingerprint density at radius 1 is 0.889 bits per heavy atom. The van der Waals surface area contributed by atoms with Crippen LogP contribution in [0.3, 0.4) is 0 Å². The van der Waals surface area contributed by atoms with E-state index in [0.717, 1.165) is 0 Å². The molecule has 0 saturated heterocycles.